The Morgan fingerprint density at radius 1 is 1.08 bits per heavy atom. The van der Waals surface area contributed by atoms with Gasteiger partial charge in [0.05, 0.1) is 4.90 Å². The molecule has 0 fully saturated rings. The summed E-state index contributed by atoms with van der Waals surface area (Å²) in [5, 5.41) is 2.54. The number of fused-ring (bicyclic) bond motifs is 1. The molecule has 0 aromatic heterocycles. The van der Waals surface area contributed by atoms with Crippen molar-refractivity contribution in [2.75, 3.05) is 18.0 Å². The molecule has 1 heterocycles. The van der Waals surface area contributed by atoms with Crippen LogP contribution in [-0.2, 0) is 21.4 Å². The van der Waals surface area contributed by atoms with E-state index in [1.807, 2.05) is 0 Å². The van der Waals surface area contributed by atoms with Crippen LogP contribution in [0.4, 0.5) is 5.69 Å². The van der Waals surface area contributed by atoms with Crippen LogP contribution in [0.1, 0.15) is 5.56 Å². The molecule has 0 bridgehead atoms. The van der Waals surface area contributed by atoms with Gasteiger partial charge in [0, 0.05) is 12.2 Å². The fraction of sp³-hybridized carbons (Fsp3) is 0.188. The largest absolute Gasteiger partial charge is 0.454 e. The summed E-state index contributed by atoms with van der Waals surface area (Å²) < 4.78 is 37.7. The minimum absolute atomic E-state index is 0.0946. The van der Waals surface area contributed by atoms with Gasteiger partial charge in [-0.1, -0.05) is 6.07 Å². The predicted molar refractivity (Wildman–Crippen MR) is 92.4 cm³/mol. The number of sulfonamides is 1. The molecule has 7 nitrogen and oxygen atoms in total. The Morgan fingerprint density at radius 3 is 2.52 bits per heavy atom. The fourth-order valence-corrected chi connectivity index (χ4v) is 3.31. The molecule has 0 unspecified atom stereocenters. The molecule has 132 valence electrons. The van der Waals surface area contributed by atoms with Crippen molar-refractivity contribution in [3.05, 3.63) is 48.0 Å². The van der Waals surface area contributed by atoms with Crippen molar-refractivity contribution in [3.8, 4) is 11.5 Å². The normalized spacial score (nSPS) is 12.8. The number of carbonyl (C=O) groups is 1. The Labute approximate surface area is 149 Å². The third-order valence-corrected chi connectivity index (χ3v) is 5.13. The topological polar surface area (TPSA) is 93.7 Å². The third-order valence-electron chi connectivity index (χ3n) is 3.47. The number of hydrogen-bond donors (Lipinski definition) is 2. The molecule has 1 aliphatic heterocycles. The molecule has 2 aromatic carbocycles. The van der Waals surface area contributed by atoms with Crippen LogP contribution in [0, 0.1) is 0 Å². The van der Waals surface area contributed by atoms with Crippen molar-refractivity contribution in [1.29, 1.82) is 0 Å². The molecule has 0 aliphatic carbocycles. The molecule has 0 spiro atoms. The van der Waals surface area contributed by atoms with Gasteiger partial charge in [0.25, 0.3) is 0 Å². The molecule has 9 heteroatoms. The second-order valence-electron chi connectivity index (χ2n) is 5.22. The zero-order valence-electron chi connectivity index (χ0n) is 13.0. The van der Waals surface area contributed by atoms with E-state index in [-0.39, 0.29) is 30.0 Å². The first-order valence-corrected chi connectivity index (χ1v) is 9.34. The molecule has 2 N–H and O–H groups in total. The smallest absolute Gasteiger partial charge is 0.240 e. The number of carbonyl (C=O) groups excluding carboxylic acids is 1. The van der Waals surface area contributed by atoms with Gasteiger partial charge in [0.1, 0.15) is 5.88 Å². The number of nitrogens with one attached hydrogen (secondary N) is 2. The average molecular weight is 383 g/mol. The van der Waals surface area contributed by atoms with Crippen LogP contribution in [0.3, 0.4) is 0 Å². The van der Waals surface area contributed by atoms with Gasteiger partial charge in [0.2, 0.25) is 22.7 Å². The van der Waals surface area contributed by atoms with Gasteiger partial charge in [-0.15, -0.1) is 11.6 Å². The summed E-state index contributed by atoms with van der Waals surface area (Å²) >= 11 is 5.41. The Balaban J connectivity index is 1.66. The zero-order chi connectivity index (χ0) is 17.9. The molecular formula is C16H15ClN2O5S. The lowest BCUT2D eigenvalue weighted by Crippen LogP contribution is -2.23. The lowest BCUT2D eigenvalue weighted by Gasteiger charge is -2.09. The number of halogens is 1. The van der Waals surface area contributed by atoms with Gasteiger partial charge in [-0.05, 0) is 42.0 Å². The van der Waals surface area contributed by atoms with Crippen LogP contribution in [0.5, 0.6) is 11.5 Å². The molecule has 25 heavy (non-hydrogen) atoms. The maximum absolute atomic E-state index is 12.4. The second-order valence-corrected chi connectivity index (χ2v) is 7.25. The minimum Gasteiger partial charge on any atom is -0.454 e. The van der Waals surface area contributed by atoms with Crippen molar-refractivity contribution in [3.63, 3.8) is 0 Å². The van der Waals surface area contributed by atoms with E-state index in [4.69, 9.17) is 21.1 Å². The van der Waals surface area contributed by atoms with E-state index < -0.39 is 10.0 Å². The SMILES string of the molecule is O=C(CCl)Nc1ccc(S(=O)(=O)NCc2ccc3c(c2)OCO3)cc1. The van der Waals surface area contributed by atoms with E-state index in [1.165, 1.54) is 24.3 Å². The highest BCUT2D eigenvalue weighted by Crippen LogP contribution is 2.32. The fourth-order valence-electron chi connectivity index (χ4n) is 2.22. The average Bonchev–Trinajstić information content (AvgIpc) is 3.08. The highest BCUT2D eigenvalue weighted by molar-refractivity contribution is 7.89. The van der Waals surface area contributed by atoms with E-state index in [0.29, 0.717) is 17.2 Å². The number of ether oxygens (including phenoxy) is 2. The molecular weight excluding hydrogens is 368 g/mol. The van der Waals surface area contributed by atoms with Gasteiger partial charge >= 0.3 is 0 Å². The molecule has 1 amide bonds. The number of anilines is 1. The number of alkyl halides is 1. The summed E-state index contributed by atoms with van der Waals surface area (Å²) in [7, 11) is -3.68. The number of rotatable bonds is 6. The number of hydrogen-bond acceptors (Lipinski definition) is 5. The quantitative estimate of drug-likeness (QED) is 0.746. The highest BCUT2D eigenvalue weighted by Gasteiger charge is 2.16. The standard InChI is InChI=1S/C16H15ClN2O5S/c17-8-16(20)19-12-2-4-13(5-3-12)25(21,22)18-9-11-1-6-14-15(7-11)24-10-23-14/h1-7,18H,8-10H2,(H,19,20). The molecule has 0 saturated carbocycles. The van der Waals surface area contributed by atoms with E-state index >= 15 is 0 Å². The summed E-state index contributed by atoms with van der Waals surface area (Å²) in [5.74, 6) is 0.701. The molecule has 2 aromatic rings. The number of amides is 1. The maximum Gasteiger partial charge on any atom is 0.240 e. The van der Waals surface area contributed by atoms with Crippen molar-refractivity contribution >= 4 is 33.2 Å². The first kappa shape index (κ1) is 17.5. The van der Waals surface area contributed by atoms with Crippen molar-refractivity contribution < 1.29 is 22.7 Å². The Bertz CT molecular complexity index is 884. The van der Waals surface area contributed by atoms with E-state index in [9.17, 15) is 13.2 Å². The van der Waals surface area contributed by atoms with Gasteiger partial charge in [0.15, 0.2) is 11.5 Å². The van der Waals surface area contributed by atoms with Crippen LogP contribution in [0.2, 0.25) is 0 Å². The van der Waals surface area contributed by atoms with E-state index in [0.717, 1.165) is 5.56 Å². The summed E-state index contributed by atoms with van der Waals surface area (Å²) in [6, 6.07) is 11.0. The van der Waals surface area contributed by atoms with Gasteiger partial charge in [-0.25, -0.2) is 13.1 Å². The van der Waals surface area contributed by atoms with Crippen LogP contribution in [0.15, 0.2) is 47.4 Å². The summed E-state index contributed by atoms with van der Waals surface area (Å²) in [6.07, 6.45) is 0. The Hall–Kier alpha value is -2.29. The maximum atomic E-state index is 12.4. The third kappa shape index (κ3) is 4.22. The van der Waals surface area contributed by atoms with Gasteiger partial charge in [-0.3, -0.25) is 4.79 Å². The Kier molecular flexibility index (Phi) is 5.12. The molecule has 0 radical (unpaired) electrons. The lowest BCUT2D eigenvalue weighted by atomic mass is 10.2. The predicted octanol–water partition coefficient (Wildman–Crippen LogP) is 2.07. The first-order valence-electron chi connectivity index (χ1n) is 7.32. The van der Waals surface area contributed by atoms with Crippen LogP contribution >= 0.6 is 11.6 Å². The monoisotopic (exact) mass is 382 g/mol. The van der Waals surface area contributed by atoms with Crippen molar-refractivity contribution in [2.45, 2.75) is 11.4 Å². The molecule has 0 saturated heterocycles. The zero-order valence-corrected chi connectivity index (χ0v) is 14.6. The summed E-state index contributed by atoms with van der Waals surface area (Å²) in [6.45, 7) is 0.279. The summed E-state index contributed by atoms with van der Waals surface area (Å²) in [4.78, 5) is 11.3. The van der Waals surface area contributed by atoms with Gasteiger partial charge in [-0.2, -0.15) is 0 Å². The first-order chi connectivity index (χ1) is 12.0. The van der Waals surface area contributed by atoms with E-state index in [2.05, 4.69) is 10.0 Å². The molecule has 3 rings (SSSR count). The number of benzene rings is 2. The van der Waals surface area contributed by atoms with Crippen molar-refractivity contribution in [2.24, 2.45) is 0 Å². The molecule has 1 aliphatic rings. The van der Waals surface area contributed by atoms with Crippen LogP contribution in [-0.4, -0.2) is 27.0 Å². The van der Waals surface area contributed by atoms with Crippen LogP contribution in [0.25, 0.3) is 0 Å². The van der Waals surface area contributed by atoms with E-state index in [1.54, 1.807) is 18.2 Å². The lowest BCUT2D eigenvalue weighted by molar-refractivity contribution is -0.113. The summed E-state index contributed by atoms with van der Waals surface area (Å²) in [5.41, 5.74) is 1.22. The van der Waals surface area contributed by atoms with Gasteiger partial charge < -0.3 is 14.8 Å². The highest BCUT2D eigenvalue weighted by atomic mass is 35.5. The van der Waals surface area contributed by atoms with Crippen LogP contribution < -0.4 is 19.5 Å². The molecule has 0 atom stereocenters. The second kappa shape index (κ2) is 7.30. The minimum atomic E-state index is -3.68. The Morgan fingerprint density at radius 2 is 1.80 bits per heavy atom. The van der Waals surface area contributed by atoms with Crippen molar-refractivity contribution in [1.82, 2.24) is 4.72 Å².